The number of aromatic amines is 1. The Morgan fingerprint density at radius 1 is 1.56 bits per heavy atom. The summed E-state index contributed by atoms with van der Waals surface area (Å²) < 4.78 is 10.8. The van der Waals surface area contributed by atoms with Gasteiger partial charge in [0, 0.05) is 5.69 Å². The zero-order valence-corrected chi connectivity index (χ0v) is 9.67. The largest absolute Gasteiger partial charge is 0.490 e. The minimum atomic E-state index is 0.258. The van der Waals surface area contributed by atoms with E-state index in [2.05, 4.69) is 4.98 Å². The highest BCUT2D eigenvalue weighted by Crippen LogP contribution is 2.34. The summed E-state index contributed by atoms with van der Waals surface area (Å²) in [6, 6.07) is 5.89. The van der Waals surface area contributed by atoms with E-state index < -0.39 is 0 Å². The summed E-state index contributed by atoms with van der Waals surface area (Å²) in [5, 5.41) is 1.70. The lowest BCUT2D eigenvalue weighted by atomic mass is 10.2. The Bertz CT molecular complexity index is 531. The third-order valence-electron chi connectivity index (χ3n) is 2.72. The van der Waals surface area contributed by atoms with Gasteiger partial charge in [-0.05, 0) is 19.1 Å². The van der Waals surface area contributed by atoms with Crippen molar-refractivity contribution >= 4 is 22.5 Å². The number of H-pyrrole nitrogens is 1. The van der Waals surface area contributed by atoms with Crippen LogP contribution in [-0.2, 0) is 4.74 Å². The Morgan fingerprint density at radius 3 is 3.12 bits per heavy atom. The van der Waals surface area contributed by atoms with Gasteiger partial charge in [0.25, 0.3) is 0 Å². The molecule has 1 N–H and O–H groups in total. The van der Waals surface area contributed by atoms with Gasteiger partial charge in [-0.15, -0.1) is 0 Å². The zero-order valence-electron chi connectivity index (χ0n) is 8.92. The first-order chi connectivity index (χ1) is 7.75. The van der Waals surface area contributed by atoms with Crippen molar-refractivity contribution in [3.8, 4) is 5.75 Å². The Balaban J connectivity index is 2.01. The molecule has 3 nitrogen and oxygen atoms in total. The van der Waals surface area contributed by atoms with E-state index in [0.717, 1.165) is 34.0 Å². The van der Waals surface area contributed by atoms with Crippen molar-refractivity contribution < 1.29 is 9.47 Å². The molecule has 16 heavy (non-hydrogen) atoms. The van der Waals surface area contributed by atoms with Crippen LogP contribution in [0.25, 0.3) is 10.9 Å². The fraction of sp³-hybridized carbons (Fsp3) is 0.333. The van der Waals surface area contributed by atoms with Crippen LogP contribution in [0.15, 0.2) is 18.2 Å². The molecular weight excluding hydrogens is 226 g/mol. The van der Waals surface area contributed by atoms with Gasteiger partial charge in [0.15, 0.2) is 0 Å². The van der Waals surface area contributed by atoms with Gasteiger partial charge in [-0.2, -0.15) is 0 Å². The molecule has 4 heteroatoms. The van der Waals surface area contributed by atoms with Crippen molar-refractivity contribution in [2.45, 2.75) is 13.0 Å². The van der Waals surface area contributed by atoms with Crippen molar-refractivity contribution in [2.24, 2.45) is 0 Å². The summed E-state index contributed by atoms with van der Waals surface area (Å²) >= 11 is 6.24. The highest BCUT2D eigenvalue weighted by atomic mass is 35.5. The third-order valence-corrected chi connectivity index (χ3v) is 3.20. The number of nitrogens with one attached hydrogen (secondary N) is 1. The molecule has 1 aliphatic rings. The molecule has 0 saturated carbocycles. The number of ether oxygens (including phenoxy) is 2. The average molecular weight is 238 g/mol. The second-order valence-electron chi connectivity index (χ2n) is 4.01. The summed E-state index contributed by atoms with van der Waals surface area (Å²) in [4.78, 5) is 3.23. The predicted molar refractivity (Wildman–Crippen MR) is 63.3 cm³/mol. The second kappa shape index (κ2) is 3.68. The molecule has 2 aromatic rings. The van der Waals surface area contributed by atoms with Crippen LogP contribution in [-0.4, -0.2) is 24.3 Å². The fourth-order valence-corrected chi connectivity index (χ4v) is 2.02. The Labute approximate surface area is 98.3 Å². The second-order valence-corrected chi connectivity index (χ2v) is 4.39. The van der Waals surface area contributed by atoms with E-state index in [1.54, 1.807) is 0 Å². The van der Waals surface area contributed by atoms with Gasteiger partial charge in [0.2, 0.25) is 0 Å². The molecular formula is C12H12ClNO2. The number of epoxide rings is 1. The van der Waals surface area contributed by atoms with Crippen molar-refractivity contribution in [1.29, 1.82) is 0 Å². The van der Waals surface area contributed by atoms with Crippen LogP contribution in [0.3, 0.4) is 0 Å². The van der Waals surface area contributed by atoms with Gasteiger partial charge in [0.1, 0.15) is 18.5 Å². The van der Waals surface area contributed by atoms with E-state index in [0.29, 0.717) is 6.61 Å². The van der Waals surface area contributed by atoms with E-state index in [9.17, 15) is 0 Å². The molecule has 0 aliphatic carbocycles. The highest BCUT2D eigenvalue weighted by molar-refractivity contribution is 6.37. The predicted octanol–water partition coefficient (Wildman–Crippen LogP) is 2.91. The monoisotopic (exact) mass is 237 g/mol. The standard InChI is InChI=1S/C12H12ClNO2/c1-7-12(13)11-9(14-7)3-2-4-10(11)16-6-8-5-15-8/h2-4,8,14H,5-6H2,1H3. The number of halogens is 1. The van der Waals surface area contributed by atoms with E-state index in [1.807, 2.05) is 25.1 Å². The van der Waals surface area contributed by atoms with Crippen LogP contribution in [0, 0.1) is 6.92 Å². The first kappa shape index (κ1) is 10.00. The molecule has 1 unspecified atom stereocenters. The quantitative estimate of drug-likeness (QED) is 0.834. The number of fused-ring (bicyclic) bond motifs is 1. The number of rotatable bonds is 3. The van der Waals surface area contributed by atoms with E-state index in [4.69, 9.17) is 21.1 Å². The van der Waals surface area contributed by atoms with Gasteiger partial charge >= 0.3 is 0 Å². The molecule has 0 spiro atoms. The van der Waals surface area contributed by atoms with Crippen LogP contribution in [0.5, 0.6) is 5.75 Å². The molecule has 1 aromatic heterocycles. The Kier molecular flexibility index (Phi) is 2.30. The van der Waals surface area contributed by atoms with E-state index in [-0.39, 0.29) is 6.10 Å². The molecule has 1 saturated heterocycles. The first-order valence-corrected chi connectivity index (χ1v) is 5.64. The molecule has 0 radical (unpaired) electrons. The maximum Gasteiger partial charge on any atom is 0.130 e. The molecule has 84 valence electrons. The topological polar surface area (TPSA) is 37.5 Å². The van der Waals surface area contributed by atoms with Crippen LogP contribution in [0.4, 0.5) is 0 Å². The number of aromatic nitrogens is 1. The van der Waals surface area contributed by atoms with Crippen LogP contribution in [0.1, 0.15) is 5.69 Å². The SMILES string of the molecule is Cc1[nH]c2cccc(OCC3CO3)c2c1Cl. The zero-order chi connectivity index (χ0) is 11.1. The van der Waals surface area contributed by atoms with Crippen molar-refractivity contribution in [1.82, 2.24) is 4.98 Å². The van der Waals surface area contributed by atoms with Crippen molar-refractivity contribution in [3.05, 3.63) is 28.9 Å². The molecule has 1 atom stereocenters. The Hall–Kier alpha value is -1.19. The lowest BCUT2D eigenvalue weighted by Crippen LogP contribution is -2.04. The summed E-state index contributed by atoms with van der Waals surface area (Å²) in [7, 11) is 0. The number of benzene rings is 1. The minimum Gasteiger partial charge on any atom is -0.490 e. The molecule has 3 rings (SSSR count). The van der Waals surface area contributed by atoms with Crippen LogP contribution < -0.4 is 4.74 Å². The van der Waals surface area contributed by atoms with Gasteiger partial charge in [-0.3, -0.25) is 0 Å². The summed E-state index contributed by atoms with van der Waals surface area (Å²) in [6.45, 7) is 3.35. The van der Waals surface area contributed by atoms with Gasteiger partial charge in [-0.25, -0.2) is 0 Å². The summed E-state index contributed by atoms with van der Waals surface area (Å²) in [5.74, 6) is 0.822. The molecule has 0 bridgehead atoms. The normalized spacial score (nSPS) is 19.0. The summed E-state index contributed by atoms with van der Waals surface area (Å²) in [6.07, 6.45) is 0.258. The minimum absolute atomic E-state index is 0.258. The molecule has 1 aliphatic heterocycles. The maximum absolute atomic E-state index is 6.24. The number of aryl methyl sites for hydroxylation is 1. The van der Waals surface area contributed by atoms with Crippen molar-refractivity contribution in [2.75, 3.05) is 13.2 Å². The molecule has 2 heterocycles. The van der Waals surface area contributed by atoms with Crippen LogP contribution in [0.2, 0.25) is 5.02 Å². The van der Waals surface area contributed by atoms with Crippen LogP contribution >= 0.6 is 11.6 Å². The fourth-order valence-electron chi connectivity index (χ4n) is 1.77. The number of hydrogen-bond acceptors (Lipinski definition) is 2. The maximum atomic E-state index is 6.24. The molecule has 1 fully saturated rings. The number of hydrogen-bond donors (Lipinski definition) is 1. The van der Waals surface area contributed by atoms with Gasteiger partial charge in [-0.1, -0.05) is 17.7 Å². The smallest absolute Gasteiger partial charge is 0.130 e. The third kappa shape index (κ3) is 1.66. The average Bonchev–Trinajstić information content (AvgIpc) is 3.05. The van der Waals surface area contributed by atoms with Crippen molar-refractivity contribution in [3.63, 3.8) is 0 Å². The van der Waals surface area contributed by atoms with E-state index >= 15 is 0 Å². The lowest BCUT2D eigenvalue weighted by Gasteiger charge is -2.05. The first-order valence-electron chi connectivity index (χ1n) is 5.27. The van der Waals surface area contributed by atoms with E-state index in [1.165, 1.54) is 0 Å². The molecule has 1 aromatic carbocycles. The summed E-state index contributed by atoms with van der Waals surface area (Å²) in [5.41, 5.74) is 1.98. The molecule has 0 amide bonds. The Morgan fingerprint density at radius 2 is 2.38 bits per heavy atom. The lowest BCUT2D eigenvalue weighted by molar-refractivity contribution is 0.265. The highest BCUT2D eigenvalue weighted by Gasteiger charge is 2.23. The van der Waals surface area contributed by atoms with Gasteiger partial charge in [0.05, 0.1) is 22.5 Å². The van der Waals surface area contributed by atoms with Gasteiger partial charge < -0.3 is 14.5 Å².